The first-order valence-electron chi connectivity index (χ1n) is 9.28. The van der Waals surface area contributed by atoms with Crippen LogP contribution in [0.4, 0.5) is 0 Å². The molecule has 2 aromatic rings. The van der Waals surface area contributed by atoms with E-state index in [1.807, 2.05) is 42.5 Å². The van der Waals surface area contributed by atoms with E-state index < -0.39 is 6.10 Å². The molecule has 1 saturated carbocycles. The summed E-state index contributed by atoms with van der Waals surface area (Å²) < 4.78 is 5.54. The van der Waals surface area contributed by atoms with E-state index in [-0.39, 0.29) is 24.3 Å². The number of carbonyl (C=O) groups is 2. The highest BCUT2D eigenvalue weighted by Gasteiger charge is 2.30. The number of amides is 1. The Morgan fingerprint density at radius 2 is 1.69 bits per heavy atom. The number of nitrogens with one attached hydrogen (secondary N) is 1. The molecular weight excluding hydrogens is 326 g/mol. The van der Waals surface area contributed by atoms with Crippen molar-refractivity contribution in [2.75, 3.05) is 0 Å². The van der Waals surface area contributed by atoms with Crippen LogP contribution >= 0.6 is 0 Å². The van der Waals surface area contributed by atoms with Crippen LogP contribution in [0.3, 0.4) is 0 Å². The summed E-state index contributed by atoms with van der Waals surface area (Å²) in [6, 6.07) is 17.7. The number of rotatable bonds is 8. The molecule has 4 heteroatoms. The van der Waals surface area contributed by atoms with Crippen LogP contribution in [0.15, 0.2) is 54.6 Å². The summed E-state index contributed by atoms with van der Waals surface area (Å²) in [6.07, 6.45) is 2.97. The molecule has 1 amide bonds. The Kier molecular flexibility index (Phi) is 6.05. The van der Waals surface area contributed by atoms with E-state index in [0.29, 0.717) is 12.0 Å². The summed E-state index contributed by atoms with van der Waals surface area (Å²) in [6.45, 7) is 2.11. The van der Waals surface area contributed by atoms with Gasteiger partial charge in [-0.3, -0.25) is 9.59 Å². The van der Waals surface area contributed by atoms with Crippen molar-refractivity contribution in [2.45, 2.75) is 51.2 Å². The lowest BCUT2D eigenvalue weighted by molar-refractivity contribution is -0.156. The van der Waals surface area contributed by atoms with Crippen LogP contribution in [0.2, 0.25) is 0 Å². The Hall–Kier alpha value is -2.62. The zero-order chi connectivity index (χ0) is 18.4. The van der Waals surface area contributed by atoms with Gasteiger partial charge in [0.2, 0.25) is 6.10 Å². The molecule has 0 saturated heterocycles. The molecule has 1 fully saturated rings. The first kappa shape index (κ1) is 18.2. The Morgan fingerprint density at radius 1 is 1.04 bits per heavy atom. The van der Waals surface area contributed by atoms with Crippen molar-refractivity contribution in [3.05, 3.63) is 71.3 Å². The third-order valence-electron chi connectivity index (χ3n) is 4.56. The summed E-state index contributed by atoms with van der Waals surface area (Å²) in [4.78, 5) is 24.8. The topological polar surface area (TPSA) is 55.4 Å². The first-order valence-corrected chi connectivity index (χ1v) is 9.28. The standard InChI is InChI=1S/C22H25NO3/c1-2-16-8-10-17(11-9-16)12-15-20(24)26-21(18-6-4-3-5-7-18)22(25)23-19-13-14-19/h3-11,19,21H,2,12-15H2,1H3,(H,23,25)/t21-/m0/s1. The average Bonchev–Trinajstić information content (AvgIpc) is 3.49. The van der Waals surface area contributed by atoms with Crippen LogP contribution < -0.4 is 5.32 Å². The number of hydrogen-bond acceptors (Lipinski definition) is 3. The zero-order valence-corrected chi connectivity index (χ0v) is 15.1. The molecule has 3 rings (SSSR count). The summed E-state index contributed by atoms with van der Waals surface area (Å²) in [5.74, 6) is -0.594. The third kappa shape index (κ3) is 5.19. The molecule has 4 nitrogen and oxygen atoms in total. The highest BCUT2D eigenvalue weighted by Crippen LogP contribution is 2.23. The van der Waals surface area contributed by atoms with Crippen LogP contribution in [0, 0.1) is 0 Å². The predicted octanol–water partition coefficient (Wildman–Crippen LogP) is 3.74. The predicted molar refractivity (Wildman–Crippen MR) is 101 cm³/mol. The lowest BCUT2D eigenvalue weighted by Crippen LogP contribution is -2.33. The fraction of sp³-hybridized carbons (Fsp3) is 0.364. The molecule has 136 valence electrons. The van der Waals surface area contributed by atoms with Crippen molar-refractivity contribution < 1.29 is 14.3 Å². The third-order valence-corrected chi connectivity index (χ3v) is 4.56. The minimum absolute atomic E-state index is 0.226. The van der Waals surface area contributed by atoms with Crippen LogP contribution in [-0.4, -0.2) is 17.9 Å². The van der Waals surface area contributed by atoms with Gasteiger partial charge in [-0.15, -0.1) is 0 Å². The number of hydrogen-bond donors (Lipinski definition) is 1. The molecule has 0 spiro atoms. The van der Waals surface area contributed by atoms with E-state index in [0.717, 1.165) is 24.8 Å². The van der Waals surface area contributed by atoms with Gasteiger partial charge in [-0.05, 0) is 36.8 Å². The second-order valence-electron chi connectivity index (χ2n) is 6.73. The number of benzene rings is 2. The van der Waals surface area contributed by atoms with Crippen molar-refractivity contribution in [1.29, 1.82) is 0 Å². The Morgan fingerprint density at radius 3 is 2.31 bits per heavy atom. The number of ether oxygens (including phenoxy) is 1. The van der Waals surface area contributed by atoms with Gasteiger partial charge in [0, 0.05) is 18.0 Å². The van der Waals surface area contributed by atoms with E-state index in [2.05, 4.69) is 24.4 Å². The molecular formula is C22H25NO3. The van der Waals surface area contributed by atoms with Crippen molar-refractivity contribution in [1.82, 2.24) is 5.32 Å². The summed E-state index contributed by atoms with van der Waals surface area (Å²) in [5.41, 5.74) is 3.07. The second kappa shape index (κ2) is 8.65. The van der Waals surface area contributed by atoms with Crippen LogP contribution in [-0.2, 0) is 27.2 Å². The smallest absolute Gasteiger partial charge is 0.307 e. The molecule has 0 aliphatic heterocycles. The summed E-state index contributed by atoms with van der Waals surface area (Å²) in [7, 11) is 0. The van der Waals surface area contributed by atoms with Gasteiger partial charge < -0.3 is 10.1 Å². The maximum absolute atomic E-state index is 12.5. The molecule has 1 aliphatic carbocycles. The maximum atomic E-state index is 12.5. The minimum atomic E-state index is -0.883. The Balaban J connectivity index is 1.59. The number of esters is 1. The quantitative estimate of drug-likeness (QED) is 0.737. The van der Waals surface area contributed by atoms with Gasteiger partial charge in [0.1, 0.15) is 0 Å². The average molecular weight is 351 g/mol. The van der Waals surface area contributed by atoms with Crippen molar-refractivity contribution in [3.63, 3.8) is 0 Å². The van der Waals surface area contributed by atoms with Crippen molar-refractivity contribution >= 4 is 11.9 Å². The molecule has 0 heterocycles. The van der Waals surface area contributed by atoms with E-state index >= 15 is 0 Å². The van der Waals surface area contributed by atoms with Gasteiger partial charge in [-0.1, -0.05) is 61.5 Å². The molecule has 0 bridgehead atoms. The summed E-state index contributed by atoms with van der Waals surface area (Å²) >= 11 is 0. The van der Waals surface area contributed by atoms with Crippen molar-refractivity contribution in [3.8, 4) is 0 Å². The fourth-order valence-corrected chi connectivity index (χ4v) is 2.78. The van der Waals surface area contributed by atoms with E-state index in [9.17, 15) is 9.59 Å². The van der Waals surface area contributed by atoms with Crippen LogP contribution in [0.1, 0.15) is 49.0 Å². The van der Waals surface area contributed by atoms with Gasteiger partial charge in [0.15, 0.2) is 0 Å². The van der Waals surface area contributed by atoms with Gasteiger partial charge in [-0.25, -0.2) is 0 Å². The minimum Gasteiger partial charge on any atom is -0.447 e. The molecule has 0 aromatic heterocycles. The van der Waals surface area contributed by atoms with Gasteiger partial charge in [0.25, 0.3) is 5.91 Å². The number of aryl methyl sites for hydroxylation is 2. The highest BCUT2D eigenvalue weighted by molar-refractivity contribution is 5.85. The zero-order valence-electron chi connectivity index (χ0n) is 15.1. The maximum Gasteiger partial charge on any atom is 0.307 e. The van der Waals surface area contributed by atoms with Gasteiger partial charge in [0.05, 0.1) is 0 Å². The molecule has 0 radical (unpaired) electrons. The molecule has 0 unspecified atom stereocenters. The fourth-order valence-electron chi connectivity index (χ4n) is 2.78. The molecule has 2 aromatic carbocycles. The van der Waals surface area contributed by atoms with Crippen molar-refractivity contribution in [2.24, 2.45) is 0 Å². The van der Waals surface area contributed by atoms with Gasteiger partial charge in [-0.2, -0.15) is 0 Å². The summed E-state index contributed by atoms with van der Waals surface area (Å²) in [5, 5.41) is 2.93. The molecule has 1 atom stereocenters. The van der Waals surface area contributed by atoms with E-state index in [1.54, 1.807) is 0 Å². The van der Waals surface area contributed by atoms with Crippen LogP contribution in [0.25, 0.3) is 0 Å². The number of carbonyl (C=O) groups excluding carboxylic acids is 2. The Labute approximate surface area is 154 Å². The SMILES string of the molecule is CCc1ccc(CCC(=O)O[C@H](C(=O)NC2CC2)c2ccccc2)cc1. The largest absolute Gasteiger partial charge is 0.447 e. The van der Waals surface area contributed by atoms with E-state index in [1.165, 1.54) is 5.56 Å². The lowest BCUT2D eigenvalue weighted by Gasteiger charge is -2.18. The monoisotopic (exact) mass is 351 g/mol. The first-order chi connectivity index (χ1) is 12.7. The van der Waals surface area contributed by atoms with Crippen LogP contribution in [0.5, 0.6) is 0 Å². The van der Waals surface area contributed by atoms with E-state index in [4.69, 9.17) is 4.74 Å². The van der Waals surface area contributed by atoms with Gasteiger partial charge >= 0.3 is 5.97 Å². The molecule has 1 aliphatic rings. The Bertz CT molecular complexity index is 736. The lowest BCUT2D eigenvalue weighted by atomic mass is 10.1. The molecule has 26 heavy (non-hydrogen) atoms. The normalized spacial score (nSPS) is 14.5. The molecule has 1 N–H and O–H groups in total. The highest BCUT2D eigenvalue weighted by atomic mass is 16.5. The second-order valence-corrected chi connectivity index (χ2v) is 6.73.